The lowest BCUT2D eigenvalue weighted by molar-refractivity contribution is -0.137. The number of aryl methyl sites for hydroxylation is 2. The van der Waals surface area contributed by atoms with Crippen LogP contribution in [0.5, 0.6) is 5.88 Å². The molecule has 4 aromatic rings. The maximum Gasteiger partial charge on any atom is 0.416 e. The van der Waals surface area contributed by atoms with Crippen LogP contribution in [0.15, 0.2) is 53.1 Å². The first kappa shape index (κ1) is 22.2. The molecule has 170 valence electrons. The first-order valence-electron chi connectivity index (χ1n) is 9.69. The lowest BCUT2D eigenvalue weighted by Crippen LogP contribution is -2.04. The Balaban J connectivity index is 1.46. The van der Waals surface area contributed by atoms with E-state index in [0.717, 1.165) is 12.1 Å². The van der Waals surface area contributed by atoms with E-state index >= 15 is 0 Å². The molecule has 2 heterocycles. The fourth-order valence-corrected chi connectivity index (χ4v) is 2.92. The van der Waals surface area contributed by atoms with E-state index in [9.17, 15) is 17.6 Å². The van der Waals surface area contributed by atoms with E-state index in [1.165, 1.54) is 18.2 Å². The Morgan fingerprint density at radius 2 is 1.82 bits per heavy atom. The molecule has 0 unspecified atom stereocenters. The summed E-state index contributed by atoms with van der Waals surface area (Å²) < 4.78 is 62.9. The normalized spacial score (nSPS) is 11.5. The molecular weight excluding hydrogens is 442 g/mol. The van der Waals surface area contributed by atoms with Gasteiger partial charge >= 0.3 is 6.18 Å². The Morgan fingerprint density at radius 1 is 1.00 bits per heavy atom. The summed E-state index contributed by atoms with van der Waals surface area (Å²) >= 11 is 0. The number of hydrogen-bond acceptors (Lipinski definition) is 7. The molecule has 7 nitrogen and oxygen atoms in total. The number of ether oxygens (including phenoxy) is 1. The molecule has 0 amide bonds. The van der Waals surface area contributed by atoms with Crippen molar-refractivity contribution in [1.29, 1.82) is 0 Å². The van der Waals surface area contributed by atoms with Crippen LogP contribution in [0.3, 0.4) is 0 Å². The Hall–Kier alpha value is -4.02. The van der Waals surface area contributed by atoms with Crippen LogP contribution in [0.25, 0.3) is 11.4 Å². The second kappa shape index (κ2) is 8.85. The standard InChI is InChI=1S/C22H17F4N5O2/c1-12-8-16(6-7-17(12)23)28-21-27-13(2)9-18(30-21)32-11-19-29-20(31-33-19)14-4-3-5-15(10-14)22(24,25)26/h3-10H,11H2,1-2H3,(H,27,28,30). The molecule has 0 saturated heterocycles. The van der Waals surface area contributed by atoms with Crippen molar-refractivity contribution in [3.8, 4) is 17.3 Å². The number of rotatable bonds is 6. The van der Waals surface area contributed by atoms with Crippen LogP contribution in [0.4, 0.5) is 29.2 Å². The molecular formula is C22H17F4N5O2. The van der Waals surface area contributed by atoms with Gasteiger partial charge in [-0.2, -0.15) is 23.1 Å². The van der Waals surface area contributed by atoms with E-state index < -0.39 is 11.7 Å². The van der Waals surface area contributed by atoms with Crippen molar-refractivity contribution < 1.29 is 26.8 Å². The molecule has 0 aliphatic rings. The van der Waals surface area contributed by atoms with Crippen molar-refractivity contribution in [2.24, 2.45) is 0 Å². The monoisotopic (exact) mass is 459 g/mol. The lowest BCUT2D eigenvalue weighted by atomic mass is 10.1. The van der Waals surface area contributed by atoms with Gasteiger partial charge in [-0.3, -0.25) is 0 Å². The molecule has 4 rings (SSSR count). The first-order valence-corrected chi connectivity index (χ1v) is 9.69. The Labute approximate surface area is 185 Å². The van der Waals surface area contributed by atoms with E-state index in [4.69, 9.17) is 9.26 Å². The Bertz CT molecular complexity index is 1290. The van der Waals surface area contributed by atoms with Gasteiger partial charge in [-0.15, -0.1) is 0 Å². The van der Waals surface area contributed by atoms with Gasteiger partial charge in [0.25, 0.3) is 5.89 Å². The summed E-state index contributed by atoms with van der Waals surface area (Å²) in [5.41, 5.74) is 1.04. The van der Waals surface area contributed by atoms with Crippen LogP contribution < -0.4 is 10.1 Å². The minimum atomic E-state index is -4.48. The second-order valence-electron chi connectivity index (χ2n) is 7.14. The third kappa shape index (κ3) is 5.43. The van der Waals surface area contributed by atoms with Crippen molar-refractivity contribution in [2.45, 2.75) is 26.6 Å². The lowest BCUT2D eigenvalue weighted by Gasteiger charge is -2.09. The number of halogens is 4. The molecule has 0 aliphatic carbocycles. The van der Waals surface area contributed by atoms with Crippen molar-refractivity contribution in [2.75, 3.05) is 5.32 Å². The number of anilines is 2. The molecule has 0 radical (unpaired) electrons. The van der Waals surface area contributed by atoms with Crippen molar-refractivity contribution in [3.63, 3.8) is 0 Å². The van der Waals surface area contributed by atoms with Crippen molar-refractivity contribution in [3.05, 3.63) is 77.1 Å². The Kier molecular flexibility index (Phi) is 5.95. The summed E-state index contributed by atoms with van der Waals surface area (Å²) in [6.07, 6.45) is -4.48. The summed E-state index contributed by atoms with van der Waals surface area (Å²) in [4.78, 5) is 12.6. The van der Waals surface area contributed by atoms with Gasteiger partial charge in [0.1, 0.15) is 5.82 Å². The predicted molar refractivity (Wildman–Crippen MR) is 110 cm³/mol. The molecule has 2 aromatic heterocycles. The molecule has 0 atom stereocenters. The zero-order chi connectivity index (χ0) is 23.6. The highest BCUT2D eigenvalue weighted by atomic mass is 19.4. The molecule has 33 heavy (non-hydrogen) atoms. The summed E-state index contributed by atoms with van der Waals surface area (Å²) in [5, 5.41) is 6.70. The van der Waals surface area contributed by atoms with Crippen LogP contribution >= 0.6 is 0 Å². The molecule has 11 heteroatoms. The number of alkyl halides is 3. The molecule has 1 N–H and O–H groups in total. The average Bonchev–Trinajstić information content (AvgIpc) is 3.23. The number of hydrogen-bond donors (Lipinski definition) is 1. The zero-order valence-electron chi connectivity index (χ0n) is 17.4. The van der Waals surface area contributed by atoms with Gasteiger partial charge in [0, 0.05) is 23.0 Å². The molecule has 0 aliphatic heterocycles. The third-order valence-corrected chi connectivity index (χ3v) is 4.50. The fourth-order valence-electron chi connectivity index (χ4n) is 2.92. The van der Waals surface area contributed by atoms with Gasteiger partial charge in [0.05, 0.1) is 5.56 Å². The molecule has 0 bridgehead atoms. The molecule has 0 saturated carbocycles. The first-order chi connectivity index (χ1) is 15.7. The maximum absolute atomic E-state index is 13.5. The largest absolute Gasteiger partial charge is 0.467 e. The third-order valence-electron chi connectivity index (χ3n) is 4.50. The fraction of sp³-hybridized carbons (Fsp3) is 0.182. The summed E-state index contributed by atoms with van der Waals surface area (Å²) in [6.45, 7) is 3.23. The summed E-state index contributed by atoms with van der Waals surface area (Å²) in [5.74, 6) is 0.197. The van der Waals surface area contributed by atoms with Gasteiger partial charge in [0.15, 0.2) is 6.61 Å². The highest BCUT2D eigenvalue weighted by Crippen LogP contribution is 2.31. The molecule has 0 spiro atoms. The van der Waals surface area contributed by atoms with Crippen LogP contribution in [-0.2, 0) is 12.8 Å². The van der Waals surface area contributed by atoms with Gasteiger partial charge in [-0.05, 0) is 49.7 Å². The Morgan fingerprint density at radius 3 is 2.58 bits per heavy atom. The number of aromatic nitrogens is 4. The molecule has 0 fully saturated rings. The van der Waals surface area contributed by atoms with Crippen LogP contribution in [0, 0.1) is 19.7 Å². The number of nitrogens with zero attached hydrogens (tertiary/aromatic N) is 4. The van der Waals surface area contributed by atoms with E-state index in [2.05, 4.69) is 25.4 Å². The van der Waals surface area contributed by atoms with E-state index in [0.29, 0.717) is 16.9 Å². The van der Waals surface area contributed by atoms with Gasteiger partial charge < -0.3 is 14.6 Å². The van der Waals surface area contributed by atoms with E-state index in [-0.39, 0.29) is 41.5 Å². The predicted octanol–water partition coefficient (Wildman–Crippen LogP) is 5.62. The van der Waals surface area contributed by atoms with Gasteiger partial charge in [0.2, 0.25) is 17.7 Å². The molecule has 2 aromatic carbocycles. The number of nitrogens with one attached hydrogen (secondary N) is 1. The van der Waals surface area contributed by atoms with Crippen LogP contribution in [-0.4, -0.2) is 20.1 Å². The van der Waals surface area contributed by atoms with E-state index in [1.54, 1.807) is 32.0 Å². The summed E-state index contributed by atoms with van der Waals surface area (Å²) in [7, 11) is 0. The highest BCUT2D eigenvalue weighted by molar-refractivity contribution is 5.56. The van der Waals surface area contributed by atoms with Gasteiger partial charge in [-0.1, -0.05) is 17.3 Å². The maximum atomic E-state index is 13.5. The SMILES string of the molecule is Cc1cc(OCc2nc(-c3cccc(C(F)(F)F)c3)no2)nc(Nc2ccc(F)c(C)c2)n1. The zero-order valence-corrected chi connectivity index (χ0v) is 17.4. The van der Waals surface area contributed by atoms with Gasteiger partial charge in [-0.25, -0.2) is 9.37 Å². The minimum absolute atomic E-state index is 0.00704. The quantitative estimate of drug-likeness (QED) is 0.374. The van der Waals surface area contributed by atoms with Crippen LogP contribution in [0.2, 0.25) is 0 Å². The van der Waals surface area contributed by atoms with Crippen LogP contribution in [0.1, 0.15) is 22.7 Å². The number of benzene rings is 2. The average molecular weight is 459 g/mol. The minimum Gasteiger partial charge on any atom is -0.467 e. The highest BCUT2D eigenvalue weighted by Gasteiger charge is 2.30. The smallest absolute Gasteiger partial charge is 0.416 e. The van der Waals surface area contributed by atoms with Crippen molar-refractivity contribution in [1.82, 2.24) is 20.1 Å². The van der Waals surface area contributed by atoms with Crippen molar-refractivity contribution >= 4 is 11.6 Å². The summed E-state index contributed by atoms with van der Waals surface area (Å²) in [6, 6.07) is 10.7. The second-order valence-corrected chi connectivity index (χ2v) is 7.14. The van der Waals surface area contributed by atoms with E-state index in [1.807, 2.05) is 0 Å². The topological polar surface area (TPSA) is 86.0 Å².